The molecular weight excluding hydrogens is 555 g/mol. The van der Waals surface area contributed by atoms with Gasteiger partial charge in [-0.2, -0.15) is 11.1 Å². The molecule has 0 N–H and O–H groups in total. The first kappa shape index (κ1) is 34.8. The molecule has 4 aromatic carbocycles. The molecule has 0 saturated carbocycles. The minimum absolute atomic E-state index is 0. The summed E-state index contributed by atoms with van der Waals surface area (Å²) in [6, 6.07) is 25.0. The molecule has 0 amide bonds. The zero-order valence-electron chi connectivity index (χ0n) is 22.1. The molecular formula is C31H33Cl3SiTi. The molecule has 0 aliphatic heterocycles. The molecule has 36 heavy (non-hydrogen) atoms. The number of rotatable bonds is 5. The molecule has 0 saturated heterocycles. The van der Waals surface area contributed by atoms with Crippen molar-refractivity contribution in [3.8, 4) is 11.1 Å². The summed E-state index contributed by atoms with van der Waals surface area (Å²) in [5.41, 5.74) is 15.8. The van der Waals surface area contributed by atoms with Crippen LogP contribution in [-0.4, -0.2) is 9.52 Å². The maximum atomic E-state index is 2.38. The van der Waals surface area contributed by atoms with Gasteiger partial charge in [-0.3, -0.25) is 0 Å². The number of halogens is 3. The van der Waals surface area contributed by atoms with Gasteiger partial charge < -0.3 is 37.2 Å². The first-order chi connectivity index (χ1) is 15.3. The van der Waals surface area contributed by atoms with Gasteiger partial charge in [0.1, 0.15) is 0 Å². The molecule has 0 heterocycles. The van der Waals surface area contributed by atoms with Crippen LogP contribution in [-0.2, 0) is 21.7 Å². The van der Waals surface area contributed by atoms with E-state index in [1.165, 1.54) is 66.4 Å². The minimum atomic E-state index is 0. The average molecular weight is 588 g/mol. The Morgan fingerprint density at radius 3 is 1.78 bits per heavy atom. The summed E-state index contributed by atoms with van der Waals surface area (Å²) in [7, 11) is 0.684. The van der Waals surface area contributed by atoms with Gasteiger partial charge in [0.15, 0.2) is 0 Å². The molecule has 0 spiro atoms. The van der Waals surface area contributed by atoms with Crippen molar-refractivity contribution in [3.63, 3.8) is 0 Å². The van der Waals surface area contributed by atoms with E-state index in [0.717, 1.165) is 0 Å². The maximum absolute atomic E-state index is 2.38. The van der Waals surface area contributed by atoms with Gasteiger partial charge in [0, 0.05) is 0 Å². The summed E-state index contributed by atoms with van der Waals surface area (Å²) in [5, 5.41) is 1.45. The van der Waals surface area contributed by atoms with E-state index in [-0.39, 0.29) is 58.9 Å². The van der Waals surface area contributed by atoms with Gasteiger partial charge in [-0.1, -0.05) is 115 Å². The van der Waals surface area contributed by atoms with Crippen LogP contribution < -0.4 is 42.4 Å². The van der Waals surface area contributed by atoms with Gasteiger partial charge in [0.05, 0.1) is 9.52 Å². The molecule has 2 radical (unpaired) electrons. The van der Waals surface area contributed by atoms with Gasteiger partial charge in [0.25, 0.3) is 0 Å². The average Bonchev–Trinajstić information content (AvgIpc) is 2.96. The van der Waals surface area contributed by atoms with Crippen molar-refractivity contribution < 1.29 is 58.9 Å². The van der Waals surface area contributed by atoms with Crippen LogP contribution in [0.5, 0.6) is 0 Å². The summed E-state index contributed by atoms with van der Waals surface area (Å²) >= 11 is 0. The molecule has 186 valence electrons. The second-order valence-electron chi connectivity index (χ2n) is 9.34. The summed E-state index contributed by atoms with van der Waals surface area (Å²) in [4.78, 5) is 0. The van der Waals surface area contributed by atoms with Crippen LogP contribution in [0.15, 0.2) is 66.7 Å². The Kier molecular flexibility index (Phi) is 14.2. The summed E-state index contributed by atoms with van der Waals surface area (Å²) in [5.74, 6) is 0. The molecule has 5 heteroatoms. The van der Waals surface area contributed by atoms with E-state index in [1.54, 1.807) is 0 Å². The van der Waals surface area contributed by atoms with Crippen LogP contribution >= 0.6 is 0 Å². The second kappa shape index (κ2) is 14.7. The fraction of sp³-hybridized carbons (Fsp3) is 0.258. The predicted octanol–water partition coefficient (Wildman–Crippen LogP) is -1.64. The van der Waals surface area contributed by atoms with E-state index in [2.05, 4.69) is 115 Å². The van der Waals surface area contributed by atoms with Gasteiger partial charge in [0.2, 0.25) is 0 Å². The van der Waals surface area contributed by atoms with Gasteiger partial charge in [-0.15, -0.1) is 16.7 Å². The van der Waals surface area contributed by atoms with Crippen molar-refractivity contribution in [2.24, 2.45) is 0 Å². The fourth-order valence-electron chi connectivity index (χ4n) is 5.08. The number of hydrogen-bond donors (Lipinski definition) is 0. The monoisotopic (exact) mass is 586 g/mol. The summed E-state index contributed by atoms with van der Waals surface area (Å²) in [6.45, 7) is 15.8. The number of benzene rings is 3. The van der Waals surface area contributed by atoms with Crippen molar-refractivity contribution in [2.45, 2.75) is 54.0 Å². The number of aryl methyl sites for hydroxylation is 4. The number of hydrogen-bond acceptors (Lipinski definition) is 0. The quantitative estimate of drug-likeness (QED) is 0.194. The van der Waals surface area contributed by atoms with Crippen molar-refractivity contribution in [1.82, 2.24) is 0 Å². The van der Waals surface area contributed by atoms with Crippen LogP contribution in [0.1, 0.15) is 55.6 Å². The third-order valence-electron chi connectivity index (χ3n) is 6.79. The molecule has 4 aromatic rings. The summed E-state index contributed by atoms with van der Waals surface area (Å²) < 4.78 is 0. The molecule has 1 unspecified atom stereocenters. The van der Waals surface area contributed by atoms with Crippen LogP contribution in [0.4, 0.5) is 0 Å². The van der Waals surface area contributed by atoms with Gasteiger partial charge in [-0.25, -0.2) is 0 Å². The molecule has 0 aliphatic carbocycles. The van der Waals surface area contributed by atoms with Crippen molar-refractivity contribution >= 4 is 14.7 Å². The zero-order valence-corrected chi connectivity index (χ0v) is 26.9. The Morgan fingerprint density at radius 1 is 0.639 bits per heavy atom. The molecule has 0 nitrogen and oxygen atoms in total. The SMILES string of the molecule is Cc1cc(C)cc([Si]C(c2ccc(C)cc2C)[c-]2c(C)c(C)c(C)c2-c2ccccc2)c1.[Cl-].[Cl-].[Cl-].[Ti+4]. The first-order valence-electron chi connectivity index (χ1n) is 11.5. The largest absolute Gasteiger partial charge is 4.00 e. The van der Waals surface area contributed by atoms with E-state index in [4.69, 9.17) is 0 Å². The first-order valence-corrected chi connectivity index (χ1v) is 12.6. The Bertz CT molecular complexity index is 1260. The van der Waals surface area contributed by atoms with Gasteiger partial charge >= 0.3 is 21.7 Å². The van der Waals surface area contributed by atoms with E-state index in [9.17, 15) is 0 Å². The standard InChI is InChI=1S/C31H33Si.3ClH.Ti/c1-19-13-14-28(22(4)16-19)31(32-27-17-20(2)15-21(3)18-27)30-25(7)23(5)24(6)29(30)26-11-9-8-10-12-26;;;;/h8-18,31H,1-7H3;3*1H;/q-1;;;;+4/p-3. The van der Waals surface area contributed by atoms with Gasteiger partial charge in [-0.05, 0) is 44.4 Å². The molecule has 0 fully saturated rings. The second-order valence-corrected chi connectivity index (χ2v) is 10.8. The van der Waals surface area contributed by atoms with E-state index >= 15 is 0 Å². The zero-order chi connectivity index (χ0) is 23.0. The smallest absolute Gasteiger partial charge is 1.00 e. The third kappa shape index (κ3) is 7.22. The van der Waals surface area contributed by atoms with Crippen molar-refractivity contribution in [3.05, 3.63) is 117 Å². The van der Waals surface area contributed by atoms with E-state index in [0.29, 0.717) is 15.1 Å². The summed E-state index contributed by atoms with van der Waals surface area (Å²) in [6.07, 6.45) is 0. The Labute approximate surface area is 254 Å². The third-order valence-corrected chi connectivity index (χ3v) is 8.30. The topological polar surface area (TPSA) is 0 Å². The van der Waals surface area contributed by atoms with Crippen LogP contribution in [0.25, 0.3) is 11.1 Å². The normalized spacial score (nSPS) is 10.9. The predicted molar refractivity (Wildman–Crippen MR) is 141 cm³/mol. The molecule has 0 aliphatic rings. The van der Waals surface area contributed by atoms with E-state index < -0.39 is 0 Å². The minimum Gasteiger partial charge on any atom is -1.00 e. The fourth-order valence-corrected chi connectivity index (χ4v) is 7.02. The Morgan fingerprint density at radius 2 is 1.22 bits per heavy atom. The van der Waals surface area contributed by atoms with Crippen LogP contribution in [0.2, 0.25) is 0 Å². The van der Waals surface area contributed by atoms with Crippen LogP contribution in [0.3, 0.4) is 0 Å². The van der Waals surface area contributed by atoms with E-state index in [1.807, 2.05) is 0 Å². The Hall–Kier alpha value is -1.19. The Balaban J connectivity index is 0.00000306. The van der Waals surface area contributed by atoms with Crippen LogP contribution in [0, 0.1) is 48.5 Å². The molecule has 1 atom stereocenters. The molecule has 0 aromatic heterocycles. The molecule has 4 rings (SSSR count). The maximum Gasteiger partial charge on any atom is 4.00 e. The van der Waals surface area contributed by atoms with Crippen molar-refractivity contribution in [2.75, 3.05) is 0 Å². The van der Waals surface area contributed by atoms with Crippen molar-refractivity contribution in [1.29, 1.82) is 0 Å². The molecule has 0 bridgehead atoms.